The number of rotatable bonds is 3. The molecule has 0 spiro atoms. The van der Waals surface area contributed by atoms with Crippen molar-refractivity contribution in [3.05, 3.63) is 16.0 Å². The summed E-state index contributed by atoms with van der Waals surface area (Å²) in [7, 11) is 1.90. The number of thiophene rings is 1. The molecule has 1 aliphatic rings. The van der Waals surface area contributed by atoms with Crippen LogP contribution in [0.2, 0.25) is 5.02 Å². The third-order valence-corrected chi connectivity index (χ3v) is 3.88. The van der Waals surface area contributed by atoms with Crippen LogP contribution >= 0.6 is 22.9 Å². The van der Waals surface area contributed by atoms with Gasteiger partial charge in [0.25, 0.3) is 6.02 Å². The lowest BCUT2D eigenvalue weighted by Crippen LogP contribution is -2.26. The van der Waals surface area contributed by atoms with Crippen molar-refractivity contribution < 1.29 is 9.53 Å². The van der Waals surface area contributed by atoms with Gasteiger partial charge in [0.1, 0.15) is 11.6 Å². The van der Waals surface area contributed by atoms with Crippen LogP contribution in [0.15, 0.2) is 10.4 Å². The molecule has 0 fully saturated rings. The SMILES string of the molecule is CC(=O)Nc1scc(CN(C)C2=NCCO2)c1Cl. The Morgan fingerprint density at radius 3 is 3.11 bits per heavy atom. The van der Waals surface area contributed by atoms with Crippen molar-refractivity contribution in [1.82, 2.24) is 4.90 Å². The predicted octanol–water partition coefficient (Wildman–Crippen LogP) is 2.18. The highest BCUT2D eigenvalue weighted by Crippen LogP contribution is 2.33. The summed E-state index contributed by atoms with van der Waals surface area (Å²) in [6.07, 6.45) is 0. The smallest absolute Gasteiger partial charge is 0.287 e. The van der Waals surface area contributed by atoms with Crippen LogP contribution in [0.5, 0.6) is 0 Å². The van der Waals surface area contributed by atoms with Gasteiger partial charge in [0, 0.05) is 26.1 Å². The van der Waals surface area contributed by atoms with E-state index < -0.39 is 0 Å². The van der Waals surface area contributed by atoms with Crippen molar-refractivity contribution in [1.29, 1.82) is 0 Å². The molecule has 1 aliphatic heterocycles. The quantitative estimate of drug-likeness (QED) is 0.927. The van der Waals surface area contributed by atoms with Crippen LogP contribution < -0.4 is 5.32 Å². The number of aliphatic imine (C=N–C) groups is 1. The summed E-state index contributed by atoms with van der Waals surface area (Å²) in [4.78, 5) is 17.1. The molecule has 0 atom stereocenters. The minimum absolute atomic E-state index is 0.123. The molecule has 2 heterocycles. The number of hydrogen-bond acceptors (Lipinski definition) is 5. The number of halogens is 1. The van der Waals surface area contributed by atoms with E-state index in [1.807, 2.05) is 17.3 Å². The van der Waals surface area contributed by atoms with Crippen molar-refractivity contribution in [2.75, 3.05) is 25.5 Å². The fourth-order valence-electron chi connectivity index (χ4n) is 1.61. The predicted molar refractivity (Wildman–Crippen MR) is 73.4 cm³/mol. The Labute approximate surface area is 114 Å². The minimum atomic E-state index is -0.123. The standard InChI is InChI=1S/C11H14ClN3O2S/c1-7(16)14-10-9(12)8(6-18-10)5-15(2)11-13-3-4-17-11/h6H,3-5H2,1-2H3,(H,14,16). The molecule has 2 rings (SSSR count). The Bertz CT molecular complexity index is 487. The Kier molecular flexibility index (Phi) is 4.08. The maximum absolute atomic E-state index is 11.0. The van der Waals surface area contributed by atoms with E-state index in [1.165, 1.54) is 18.3 Å². The highest BCUT2D eigenvalue weighted by atomic mass is 35.5. The first-order valence-electron chi connectivity index (χ1n) is 5.49. The highest BCUT2D eigenvalue weighted by molar-refractivity contribution is 7.15. The summed E-state index contributed by atoms with van der Waals surface area (Å²) >= 11 is 7.63. The lowest BCUT2D eigenvalue weighted by Gasteiger charge is -2.17. The Balaban J connectivity index is 2.05. The molecule has 0 aliphatic carbocycles. The van der Waals surface area contributed by atoms with E-state index in [0.717, 1.165) is 5.56 Å². The summed E-state index contributed by atoms with van der Waals surface area (Å²) < 4.78 is 5.36. The molecule has 0 bridgehead atoms. The van der Waals surface area contributed by atoms with E-state index in [0.29, 0.717) is 35.7 Å². The molecule has 98 valence electrons. The summed E-state index contributed by atoms with van der Waals surface area (Å²) in [5, 5.41) is 5.90. The molecule has 1 aromatic rings. The van der Waals surface area contributed by atoms with E-state index in [-0.39, 0.29) is 5.91 Å². The molecule has 0 aromatic carbocycles. The molecular formula is C11H14ClN3O2S. The second kappa shape index (κ2) is 5.58. The van der Waals surface area contributed by atoms with Crippen molar-refractivity contribution in [2.24, 2.45) is 4.99 Å². The first-order valence-corrected chi connectivity index (χ1v) is 6.75. The Morgan fingerprint density at radius 1 is 1.72 bits per heavy atom. The van der Waals surface area contributed by atoms with Crippen LogP contribution in [0.25, 0.3) is 0 Å². The fraction of sp³-hybridized carbons (Fsp3) is 0.455. The van der Waals surface area contributed by atoms with E-state index in [2.05, 4.69) is 10.3 Å². The maximum atomic E-state index is 11.0. The molecule has 1 N–H and O–H groups in total. The van der Waals surface area contributed by atoms with Gasteiger partial charge in [-0.05, 0) is 5.38 Å². The van der Waals surface area contributed by atoms with Crippen molar-refractivity contribution in [3.63, 3.8) is 0 Å². The van der Waals surface area contributed by atoms with Gasteiger partial charge < -0.3 is 15.0 Å². The van der Waals surface area contributed by atoms with Gasteiger partial charge in [0.2, 0.25) is 5.91 Å². The van der Waals surface area contributed by atoms with Crippen LogP contribution in [0.4, 0.5) is 5.00 Å². The average molecular weight is 288 g/mol. The van der Waals surface area contributed by atoms with Gasteiger partial charge in [-0.15, -0.1) is 11.3 Å². The van der Waals surface area contributed by atoms with Crippen LogP contribution in [0.1, 0.15) is 12.5 Å². The number of anilines is 1. The van der Waals surface area contributed by atoms with Crippen LogP contribution in [0.3, 0.4) is 0 Å². The van der Waals surface area contributed by atoms with Crippen molar-refractivity contribution in [3.8, 4) is 0 Å². The van der Waals surface area contributed by atoms with Gasteiger partial charge in [0.15, 0.2) is 0 Å². The summed E-state index contributed by atoms with van der Waals surface area (Å²) in [6, 6.07) is 0.637. The topological polar surface area (TPSA) is 53.9 Å². The Hall–Kier alpha value is -1.27. The minimum Gasteiger partial charge on any atom is -0.463 e. The monoisotopic (exact) mass is 287 g/mol. The normalized spacial score (nSPS) is 14.1. The lowest BCUT2D eigenvalue weighted by molar-refractivity contribution is -0.114. The zero-order chi connectivity index (χ0) is 13.1. The van der Waals surface area contributed by atoms with Gasteiger partial charge in [-0.25, -0.2) is 4.99 Å². The molecule has 18 heavy (non-hydrogen) atoms. The lowest BCUT2D eigenvalue weighted by atomic mass is 10.3. The summed E-state index contributed by atoms with van der Waals surface area (Å²) in [5.41, 5.74) is 0.950. The zero-order valence-corrected chi connectivity index (χ0v) is 11.8. The molecule has 5 nitrogen and oxygen atoms in total. The largest absolute Gasteiger partial charge is 0.463 e. The third-order valence-electron chi connectivity index (χ3n) is 2.39. The number of carbonyl (C=O) groups is 1. The maximum Gasteiger partial charge on any atom is 0.287 e. The van der Waals surface area contributed by atoms with Gasteiger partial charge in [0.05, 0.1) is 11.6 Å². The second-order valence-corrected chi connectivity index (χ2v) is 5.21. The van der Waals surface area contributed by atoms with Gasteiger partial charge >= 0.3 is 0 Å². The van der Waals surface area contributed by atoms with Crippen LogP contribution in [-0.4, -0.2) is 37.0 Å². The third kappa shape index (κ3) is 2.94. The average Bonchev–Trinajstić information content (AvgIpc) is 2.93. The van der Waals surface area contributed by atoms with Crippen LogP contribution in [-0.2, 0) is 16.1 Å². The first kappa shape index (κ1) is 13.2. The van der Waals surface area contributed by atoms with E-state index in [1.54, 1.807) is 0 Å². The highest BCUT2D eigenvalue weighted by Gasteiger charge is 2.17. The van der Waals surface area contributed by atoms with E-state index in [4.69, 9.17) is 16.3 Å². The number of amides is 1. The number of carbonyl (C=O) groups excluding carboxylic acids is 1. The first-order chi connectivity index (χ1) is 8.58. The van der Waals surface area contributed by atoms with E-state index >= 15 is 0 Å². The number of ether oxygens (including phenoxy) is 1. The van der Waals surface area contributed by atoms with Crippen molar-refractivity contribution >= 4 is 39.9 Å². The van der Waals surface area contributed by atoms with Gasteiger partial charge in [-0.1, -0.05) is 11.6 Å². The van der Waals surface area contributed by atoms with Crippen molar-refractivity contribution in [2.45, 2.75) is 13.5 Å². The summed E-state index contributed by atoms with van der Waals surface area (Å²) in [6.45, 7) is 3.40. The molecule has 0 radical (unpaired) electrons. The van der Waals surface area contributed by atoms with Gasteiger partial charge in [-0.3, -0.25) is 4.79 Å². The zero-order valence-electron chi connectivity index (χ0n) is 10.2. The molecule has 7 heteroatoms. The van der Waals surface area contributed by atoms with Crippen LogP contribution in [0, 0.1) is 0 Å². The van der Waals surface area contributed by atoms with E-state index in [9.17, 15) is 4.79 Å². The fourth-order valence-corrected chi connectivity index (χ4v) is 2.86. The van der Waals surface area contributed by atoms with Gasteiger partial charge in [-0.2, -0.15) is 0 Å². The summed E-state index contributed by atoms with van der Waals surface area (Å²) in [5.74, 6) is -0.123. The molecule has 1 aromatic heterocycles. The molecule has 0 unspecified atom stereocenters. The number of nitrogens with one attached hydrogen (secondary N) is 1. The number of amidine groups is 1. The Morgan fingerprint density at radius 2 is 2.50 bits per heavy atom. The second-order valence-electron chi connectivity index (χ2n) is 3.95. The molecule has 0 saturated carbocycles. The number of hydrogen-bond donors (Lipinski definition) is 1. The molecule has 0 saturated heterocycles. The molecule has 1 amide bonds. The number of nitrogens with zero attached hydrogens (tertiary/aromatic N) is 2. The molecular weight excluding hydrogens is 274 g/mol.